The summed E-state index contributed by atoms with van der Waals surface area (Å²) in [5.41, 5.74) is 3.76. The average Bonchev–Trinajstić information content (AvgIpc) is 3.15. The molecule has 1 aromatic heterocycles. The lowest BCUT2D eigenvalue weighted by molar-refractivity contribution is -0.131. The first-order valence-corrected chi connectivity index (χ1v) is 6.25. The molecule has 94 valence electrons. The first-order chi connectivity index (χ1) is 8.78. The Morgan fingerprint density at radius 2 is 2.00 bits per heavy atom. The van der Waals surface area contributed by atoms with Crippen LogP contribution in [0, 0.1) is 5.92 Å². The maximum Gasteiger partial charge on any atom is 0.250 e. The summed E-state index contributed by atoms with van der Waals surface area (Å²) in [5, 5.41) is 8.60. The monoisotopic (exact) mass is 245 g/mol. The van der Waals surface area contributed by atoms with Gasteiger partial charge in [0, 0.05) is 23.9 Å². The van der Waals surface area contributed by atoms with Crippen LogP contribution in [0.1, 0.15) is 43.0 Å². The van der Waals surface area contributed by atoms with Gasteiger partial charge < -0.3 is 0 Å². The van der Waals surface area contributed by atoms with Crippen LogP contribution in [0.4, 0.5) is 0 Å². The average molecular weight is 245 g/mol. The van der Waals surface area contributed by atoms with Gasteiger partial charge in [-0.1, -0.05) is 6.08 Å². The molecule has 2 aliphatic rings. The van der Waals surface area contributed by atoms with Gasteiger partial charge in [-0.3, -0.25) is 10.0 Å². The molecule has 1 heterocycles. The van der Waals surface area contributed by atoms with E-state index in [2.05, 4.69) is 9.97 Å². The summed E-state index contributed by atoms with van der Waals surface area (Å²) in [6.07, 6.45) is 9.51. The van der Waals surface area contributed by atoms with Crippen molar-refractivity contribution in [3.05, 3.63) is 29.9 Å². The Hall–Kier alpha value is -1.75. The van der Waals surface area contributed by atoms with Gasteiger partial charge in [0.15, 0.2) is 0 Å². The quantitative estimate of drug-likeness (QED) is 0.627. The van der Waals surface area contributed by atoms with Gasteiger partial charge in [0.1, 0.15) is 5.82 Å². The third-order valence-electron chi connectivity index (χ3n) is 3.56. The van der Waals surface area contributed by atoms with E-state index in [-0.39, 0.29) is 11.8 Å². The smallest absolute Gasteiger partial charge is 0.250 e. The number of allylic oxidation sites excluding steroid dienone is 1. The van der Waals surface area contributed by atoms with Crippen molar-refractivity contribution < 1.29 is 10.0 Å². The van der Waals surface area contributed by atoms with Crippen LogP contribution in [0.25, 0.3) is 5.57 Å². The Morgan fingerprint density at radius 3 is 2.61 bits per heavy atom. The maximum absolute atomic E-state index is 11.3. The van der Waals surface area contributed by atoms with Crippen molar-refractivity contribution in [3.8, 4) is 0 Å². The van der Waals surface area contributed by atoms with Crippen molar-refractivity contribution in [1.29, 1.82) is 0 Å². The van der Waals surface area contributed by atoms with E-state index in [0.29, 0.717) is 5.92 Å². The molecule has 18 heavy (non-hydrogen) atoms. The summed E-state index contributed by atoms with van der Waals surface area (Å²) in [6.45, 7) is 0. The fraction of sp³-hybridized carbons (Fsp3) is 0.462. The molecule has 2 aliphatic carbocycles. The normalized spacial score (nSPS) is 22.7. The van der Waals surface area contributed by atoms with E-state index in [1.54, 1.807) is 5.48 Å². The van der Waals surface area contributed by atoms with Crippen molar-refractivity contribution in [2.45, 2.75) is 31.6 Å². The molecule has 2 N–H and O–H groups in total. The van der Waals surface area contributed by atoms with E-state index < -0.39 is 0 Å². The molecule has 0 aromatic carbocycles. The van der Waals surface area contributed by atoms with Gasteiger partial charge in [-0.15, -0.1) is 0 Å². The van der Waals surface area contributed by atoms with Crippen LogP contribution >= 0.6 is 0 Å². The minimum atomic E-state index is -0.347. The highest BCUT2D eigenvalue weighted by atomic mass is 16.5. The van der Waals surface area contributed by atoms with Crippen LogP contribution in [0.5, 0.6) is 0 Å². The number of hydroxylamine groups is 1. The Labute approximate surface area is 105 Å². The third-order valence-corrected chi connectivity index (χ3v) is 3.56. The lowest BCUT2D eigenvalue weighted by atomic mass is 10.1. The summed E-state index contributed by atoms with van der Waals surface area (Å²) >= 11 is 0. The number of rotatable bonds is 3. The molecule has 1 fully saturated rings. The van der Waals surface area contributed by atoms with E-state index in [9.17, 15) is 4.79 Å². The van der Waals surface area contributed by atoms with Crippen molar-refractivity contribution >= 4 is 11.5 Å². The second-order valence-electron chi connectivity index (χ2n) is 4.92. The van der Waals surface area contributed by atoms with E-state index in [1.807, 2.05) is 18.5 Å². The van der Waals surface area contributed by atoms with Crippen molar-refractivity contribution in [2.24, 2.45) is 5.92 Å². The zero-order valence-electron chi connectivity index (χ0n) is 9.97. The Balaban J connectivity index is 1.76. The number of carbonyl (C=O) groups excluding carboxylic acids is 1. The van der Waals surface area contributed by atoms with Crippen LogP contribution in [0.15, 0.2) is 18.5 Å². The van der Waals surface area contributed by atoms with Crippen molar-refractivity contribution in [1.82, 2.24) is 15.4 Å². The number of hydrogen-bond donors (Lipinski definition) is 2. The summed E-state index contributed by atoms with van der Waals surface area (Å²) < 4.78 is 0. The molecule has 1 atom stereocenters. The van der Waals surface area contributed by atoms with E-state index >= 15 is 0 Å². The Kier molecular flexibility index (Phi) is 2.83. The summed E-state index contributed by atoms with van der Waals surface area (Å²) in [5.74, 6) is 0.903. The van der Waals surface area contributed by atoms with E-state index in [0.717, 1.165) is 29.8 Å². The van der Waals surface area contributed by atoms with Gasteiger partial charge >= 0.3 is 0 Å². The zero-order valence-corrected chi connectivity index (χ0v) is 9.97. The number of nitrogens with one attached hydrogen (secondary N) is 1. The summed E-state index contributed by atoms with van der Waals surface area (Å²) in [6, 6.07) is 0. The SMILES string of the molecule is O=C(NO)C1C=C(c2cnc(C3CC3)nc2)CC1. The summed E-state index contributed by atoms with van der Waals surface area (Å²) in [4.78, 5) is 20.1. The molecule has 1 unspecified atom stereocenters. The van der Waals surface area contributed by atoms with Crippen molar-refractivity contribution in [3.63, 3.8) is 0 Å². The molecule has 1 amide bonds. The van der Waals surface area contributed by atoms with Gasteiger partial charge in [-0.2, -0.15) is 0 Å². The molecule has 0 saturated heterocycles. The molecule has 1 aromatic rings. The first-order valence-electron chi connectivity index (χ1n) is 6.25. The molecule has 0 spiro atoms. The molecule has 5 heteroatoms. The molecule has 0 radical (unpaired) electrons. The van der Waals surface area contributed by atoms with Crippen LogP contribution in [0.2, 0.25) is 0 Å². The third kappa shape index (κ3) is 2.13. The van der Waals surface area contributed by atoms with E-state index in [4.69, 9.17) is 5.21 Å². The second kappa shape index (κ2) is 4.49. The van der Waals surface area contributed by atoms with Gasteiger partial charge in [0.05, 0.1) is 5.92 Å². The Bertz CT molecular complexity index is 491. The second-order valence-corrected chi connectivity index (χ2v) is 4.92. The zero-order chi connectivity index (χ0) is 12.5. The lowest BCUT2D eigenvalue weighted by Gasteiger charge is -2.02. The van der Waals surface area contributed by atoms with Gasteiger partial charge in [-0.05, 0) is 31.3 Å². The minimum Gasteiger partial charge on any atom is -0.289 e. The molecule has 0 bridgehead atoms. The highest BCUT2D eigenvalue weighted by molar-refractivity contribution is 5.84. The molecule has 1 saturated carbocycles. The molecular formula is C13H15N3O2. The molecule has 0 aliphatic heterocycles. The predicted molar refractivity (Wildman–Crippen MR) is 64.6 cm³/mol. The number of hydrogen-bond acceptors (Lipinski definition) is 4. The fourth-order valence-electron chi connectivity index (χ4n) is 2.31. The predicted octanol–water partition coefficient (Wildman–Crippen LogP) is 1.65. The van der Waals surface area contributed by atoms with Crippen LogP contribution in [0.3, 0.4) is 0 Å². The largest absolute Gasteiger partial charge is 0.289 e. The van der Waals surface area contributed by atoms with Gasteiger partial charge in [0.25, 0.3) is 0 Å². The van der Waals surface area contributed by atoms with Crippen LogP contribution < -0.4 is 5.48 Å². The van der Waals surface area contributed by atoms with Crippen LogP contribution in [-0.4, -0.2) is 21.1 Å². The summed E-state index contributed by atoms with van der Waals surface area (Å²) in [7, 11) is 0. The lowest BCUT2D eigenvalue weighted by Crippen LogP contribution is -2.25. The van der Waals surface area contributed by atoms with E-state index in [1.165, 1.54) is 12.8 Å². The minimum absolute atomic E-state index is 0.242. The topological polar surface area (TPSA) is 75.1 Å². The number of nitrogens with zero attached hydrogens (tertiary/aromatic N) is 2. The number of aromatic nitrogens is 2. The van der Waals surface area contributed by atoms with Crippen LogP contribution in [-0.2, 0) is 4.79 Å². The first kappa shape index (κ1) is 11.3. The highest BCUT2D eigenvalue weighted by Crippen LogP contribution is 2.38. The van der Waals surface area contributed by atoms with Gasteiger partial charge in [-0.25, -0.2) is 15.4 Å². The molecular weight excluding hydrogens is 230 g/mol. The van der Waals surface area contributed by atoms with Crippen molar-refractivity contribution in [2.75, 3.05) is 0 Å². The fourth-order valence-corrected chi connectivity index (χ4v) is 2.31. The molecule has 5 nitrogen and oxygen atoms in total. The molecule has 3 rings (SSSR count). The highest BCUT2D eigenvalue weighted by Gasteiger charge is 2.27. The maximum atomic E-state index is 11.3. The van der Waals surface area contributed by atoms with Gasteiger partial charge in [0.2, 0.25) is 5.91 Å². The number of amides is 1. The number of carbonyl (C=O) groups is 1. The Morgan fingerprint density at radius 1 is 1.28 bits per heavy atom. The standard InChI is InChI=1S/C13H15N3O2/c17-13(16-18)10-4-3-9(5-10)11-6-14-12(15-7-11)8-1-2-8/h5-8,10,18H,1-4H2,(H,16,17).